The molecule has 0 aromatic carbocycles. The SMILES string of the molecule is ClCCl.O=C(n1ccnc1)n1ccnc1. The first-order chi connectivity index (χ1) is 7.29. The summed E-state index contributed by atoms with van der Waals surface area (Å²) in [5, 5.41) is 0.194. The standard InChI is InChI=1S/C7H6N4O.CH2Cl2/c12-7(10-3-1-8-5-10)11-4-2-9-6-11;2-1-3/h1-6H;1H2. The van der Waals surface area contributed by atoms with Gasteiger partial charge in [0.25, 0.3) is 0 Å². The molecule has 0 aliphatic rings. The maximum Gasteiger partial charge on any atom is 0.338 e. The van der Waals surface area contributed by atoms with E-state index in [4.69, 9.17) is 23.2 Å². The molecular formula is C8H8Cl2N4O. The van der Waals surface area contributed by atoms with E-state index in [-0.39, 0.29) is 11.4 Å². The minimum absolute atomic E-state index is 0.190. The second-order valence-corrected chi connectivity index (χ2v) is 3.13. The van der Waals surface area contributed by atoms with Gasteiger partial charge in [0.2, 0.25) is 0 Å². The fourth-order valence-electron chi connectivity index (χ4n) is 0.878. The highest BCUT2D eigenvalue weighted by Crippen LogP contribution is 1.91. The molecule has 0 aliphatic carbocycles. The zero-order valence-electron chi connectivity index (χ0n) is 7.62. The zero-order valence-corrected chi connectivity index (χ0v) is 9.14. The molecule has 0 bridgehead atoms. The maximum absolute atomic E-state index is 11.4. The molecule has 2 heterocycles. The third kappa shape index (κ3) is 3.38. The van der Waals surface area contributed by atoms with E-state index in [1.165, 1.54) is 21.8 Å². The van der Waals surface area contributed by atoms with Gasteiger partial charge in [0.15, 0.2) is 0 Å². The number of imidazole rings is 2. The summed E-state index contributed by atoms with van der Waals surface area (Å²) in [4.78, 5) is 18.9. The smallest absolute Gasteiger partial charge is 0.257 e. The van der Waals surface area contributed by atoms with Crippen LogP contribution in [-0.4, -0.2) is 30.5 Å². The molecule has 15 heavy (non-hydrogen) atoms. The van der Waals surface area contributed by atoms with Gasteiger partial charge in [0.05, 0.1) is 5.34 Å². The normalized spacial score (nSPS) is 9.20. The van der Waals surface area contributed by atoms with Crippen LogP contribution < -0.4 is 0 Å². The van der Waals surface area contributed by atoms with Crippen LogP contribution in [0.3, 0.4) is 0 Å². The molecule has 2 aromatic rings. The van der Waals surface area contributed by atoms with Gasteiger partial charge < -0.3 is 0 Å². The van der Waals surface area contributed by atoms with Crippen LogP contribution in [0.2, 0.25) is 0 Å². The number of nitrogens with zero attached hydrogens (tertiary/aromatic N) is 4. The predicted molar refractivity (Wildman–Crippen MR) is 57.2 cm³/mol. The van der Waals surface area contributed by atoms with E-state index in [1.54, 1.807) is 24.8 Å². The van der Waals surface area contributed by atoms with Crippen LogP contribution >= 0.6 is 23.2 Å². The first-order valence-corrected chi connectivity index (χ1v) is 4.99. The molecule has 0 amide bonds. The van der Waals surface area contributed by atoms with Crippen LogP contribution in [0.25, 0.3) is 0 Å². The number of aromatic nitrogens is 4. The van der Waals surface area contributed by atoms with Crippen LogP contribution in [-0.2, 0) is 0 Å². The van der Waals surface area contributed by atoms with Gasteiger partial charge in [-0.1, -0.05) is 0 Å². The first kappa shape index (κ1) is 11.7. The fraction of sp³-hybridized carbons (Fsp3) is 0.125. The Balaban J connectivity index is 0.000000337. The molecule has 0 unspecified atom stereocenters. The second kappa shape index (κ2) is 6.21. The molecule has 0 saturated carbocycles. The lowest BCUT2D eigenvalue weighted by molar-refractivity contribution is 0.244. The highest BCUT2D eigenvalue weighted by atomic mass is 35.5. The minimum atomic E-state index is -0.190. The van der Waals surface area contributed by atoms with Crippen molar-refractivity contribution < 1.29 is 4.79 Å². The molecule has 0 radical (unpaired) electrons. The van der Waals surface area contributed by atoms with Crippen molar-refractivity contribution in [3.63, 3.8) is 0 Å². The highest BCUT2D eigenvalue weighted by Gasteiger charge is 2.03. The molecule has 0 spiro atoms. The largest absolute Gasteiger partial charge is 0.338 e. The summed E-state index contributed by atoms with van der Waals surface area (Å²) >= 11 is 9.53. The topological polar surface area (TPSA) is 52.7 Å². The van der Waals surface area contributed by atoms with Crippen molar-refractivity contribution in [2.24, 2.45) is 0 Å². The summed E-state index contributed by atoms with van der Waals surface area (Å²) in [7, 11) is 0. The molecule has 0 fully saturated rings. The molecule has 80 valence electrons. The van der Waals surface area contributed by atoms with Crippen LogP contribution in [0.15, 0.2) is 37.4 Å². The Labute approximate surface area is 96.3 Å². The lowest BCUT2D eigenvalue weighted by Crippen LogP contribution is -2.15. The molecular weight excluding hydrogens is 239 g/mol. The molecule has 0 aliphatic heterocycles. The fourth-order valence-corrected chi connectivity index (χ4v) is 0.878. The predicted octanol–water partition coefficient (Wildman–Crippen LogP) is 2.02. The van der Waals surface area contributed by atoms with Gasteiger partial charge in [0, 0.05) is 24.8 Å². The average molecular weight is 247 g/mol. The van der Waals surface area contributed by atoms with Crippen molar-refractivity contribution >= 4 is 29.2 Å². The molecule has 0 saturated heterocycles. The van der Waals surface area contributed by atoms with Gasteiger partial charge >= 0.3 is 6.03 Å². The third-order valence-corrected chi connectivity index (χ3v) is 1.45. The van der Waals surface area contributed by atoms with E-state index in [2.05, 4.69) is 9.97 Å². The number of rotatable bonds is 0. The van der Waals surface area contributed by atoms with E-state index in [1.807, 2.05) is 0 Å². The van der Waals surface area contributed by atoms with E-state index in [0.29, 0.717) is 0 Å². The first-order valence-electron chi connectivity index (χ1n) is 3.92. The Morgan fingerprint density at radius 2 is 1.47 bits per heavy atom. The lowest BCUT2D eigenvalue weighted by atomic mass is 10.8. The summed E-state index contributed by atoms with van der Waals surface area (Å²) in [5.74, 6) is 0. The van der Waals surface area contributed by atoms with Crippen molar-refractivity contribution in [3.8, 4) is 0 Å². The van der Waals surface area contributed by atoms with Gasteiger partial charge in [-0.05, 0) is 0 Å². The number of carbonyl (C=O) groups is 1. The van der Waals surface area contributed by atoms with Crippen molar-refractivity contribution in [2.45, 2.75) is 0 Å². The molecule has 0 N–H and O–H groups in total. The van der Waals surface area contributed by atoms with Crippen LogP contribution in [0.1, 0.15) is 0 Å². The maximum atomic E-state index is 11.4. The number of hydrogen-bond acceptors (Lipinski definition) is 3. The molecule has 2 aromatic heterocycles. The van der Waals surface area contributed by atoms with Crippen LogP contribution in [0.5, 0.6) is 0 Å². The molecule has 7 heteroatoms. The Hall–Kier alpha value is -1.33. The lowest BCUT2D eigenvalue weighted by Gasteiger charge is -1.98. The molecule has 2 rings (SSSR count). The Bertz CT molecular complexity index is 348. The number of halogens is 2. The monoisotopic (exact) mass is 246 g/mol. The number of alkyl halides is 2. The van der Waals surface area contributed by atoms with Gasteiger partial charge in [-0.25, -0.2) is 14.8 Å². The minimum Gasteiger partial charge on any atom is -0.257 e. The van der Waals surface area contributed by atoms with Crippen molar-refractivity contribution in [1.82, 2.24) is 19.1 Å². The van der Waals surface area contributed by atoms with E-state index in [9.17, 15) is 4.79 Å². The van der Waals surface area contributed by atoms with E-state index in [0.717, 1.165) is 0 Å². The summed E-state index contributed by atoms with van der Waals surface area (Å²) in [6.45, 7) is 0. The van der Waals surface area contributed by atoms with Gasteiger partial charge in [0.1, 0.15) is 12.7 Å². The summed E-state index contributed by atoms with van der Waals surface area (Å²) in [6.07, 6.45) is 9.17. The van der Waals surface area contributed by atoms with E-state index >= 15 is 0 Å². The third-order valence-electron chi connectivity index (χ3n) is 1.45. The Kier molecular flexibility index (Phi) is 4.86. The second-order valence-electron chi connectivity index (χ2n) is 2.32. The Morgan fingerprint density at radius 3 is 1.73 bits per heavy atom. The number of carbonyl (C=O) groups excluding carboxylic acids is 1. The van der Waals surface area contributed by atoms with E-state index < -0.39 is 0 Å². The zero-order chi connectivity index (χ0) is 11.1. The van der Waals surface area contributed by atoms with Crippen molar-refractivity contribution in [2.75, 3.05) is 5.34 Å². The summed E-state index contributed by atoms with van der Waals surface area (Å²) in [6, 6.07) is -0.190. The summed E-state index contributed by atoms with van der Waals surface area (Å²) < 4.78 is 2.75. The molecule has 0 atom stereocenters. The summed E-state index contributed by atoms with van der Waals surface area (Å²) in [5.41, 5.74) is 0. The van der Waals surface area contributed by atoms with Crippen LogP contribution in [0.4, 0.5) is 4.79 Å². The van der Waals surface area contributed by atoms with Crippen molar-refractivity contribution in [1.29, 1.82) is 0 Å². The highest BCUT2D eigenvalue weighted by molar-refractivity contribution is 6.40. The van der Waals surface area contributed by atoms with Crippen LogP contribution in [0, 0.1) is 0 Å². The van der Waals surface area contributed by atoms with Gasteiger partial charge in [-0.2, -0.15) is 0 Å². The molecule has 5 nitrogen and oxygen atoms in total. The average Bonchev–Trinajstić information content (AvgIpc) is 2.92. The quantitative estimate of drug-likeness (QED) is 0.669. The van der Waals surface area contributed by atoms with Gasteiger partial charge in [-0.3, -0.25) is 9.13 Å². The number of hydrogen-bond donors (Lipinski definition) is 0. The van der Waals surface area contributed by atoms with Crippen molar-refractivity contribution in [3.05, 3.63) is 37.4 Å². The Morgan fingerprint density at radius 1 is 1.07 bits per heavy atom. The van der Waals surface area contributed by atoms with Gasteiger partial charge in [-0.15, -0.1) is 23.2 Å².